The number of carbonyl (C=O) groups is 1. The predicted molar refractivity (Wildman–Crippen MR) is 519 cm³/mol. The molecule has 0 aromatic carbocycles. The van der Waals surface area contributed by atoms with Crippen LogP contribution >= 0.6 is 0 Å². The summed E-state index contributed by atoms with van der Waals surface area (Å²) < 4.78 is 60.2. The second-order valence-corrected chi connectivity index (χ2v) is 38.2. The molecule has 714 valence electrons. The third-order valence-corrected chi connectivity index (χ3v) is 21.3. The van der Waals surface area contributed by atoms with E-state index in [4.69, 9.17) is 57.1 Å². The third kappa shape index (κ3) is 47.3. The lowest BCUT2D eigenvalue weighted by atomic mass is 9.68. The molecule has 22 heteroatoms. The van der Waals surface area contributed by atoms with Gasteiger partial charge in [0.05, 0.1) is 191 Å². The quantitative estimate of drug-likeness (QED) is 0.0330. The highest BCUT2D eigenvalue weighted by Crippen LogP contribution is 2.42. The van der Waals surface area contributed by atoms with Crippen molar-refractivity contribution in [3.8, 4) is 0 Å². The van der Waals surface area contributed by atoms with Gasteiger partial charge in [-0.25, -0.2) is 9.97 Å². The maximum absolute atomic E-state index is 12.4. The van der Waals surface area contributed by atoms with Gasteiger partial charge in [-0.05, 0) is 283 Å². The van der Waals surface area contributed by atoms with Crippen molar-refractivity contribution in [3.05, 3.63) is 231 Å². The van der Waals surface area contributed by atoms with Crippen LogP contribution in [-0.4, -0.2) is 152 Å². The van der Waals surface area contributed by atoms with Crippen LogP contribution in [0.2, 0.25) is 0 Å². The molecule has 129 heavy (non-hydrogen) atoms. The Morgan fingerprint density at radius 1 is 0.395 bits per heavy atom. The number of amides is 1. The van der Waals surface area contributed by atoms with Crippen molar-refractivity contribution in [3.63, 3.8) is 0 Å². The van der Waals surface area contributed by atoms with Gasteiger partial charge < -0.3 is 61.9 Å². The molecule has 0 N–H and O–H groups in total. The van der Waals surface area contributed by atoms with E-state index in [1.807, 2.05) is 193 Å². The molecule has 2 aliphatic heterocycles. The van der Waals surface area contributed by atoms with Gasteiger partial charge in [0, 0.05) is 72.8 Å². The summed E-state index contributed by atoms with van der Waals surface area (Å²) in [7, 11) is 1.66. The van der Waals surface area contributed by atoms with Gasteiger partial charge in [-0.3, -0.25) is 34.7 Å². The molecule has 13 rings (SSSR count). The van der Waals surface area contributed by atoms with Crippen molar-refractivity contribution in [1.82, 2.24) is 44.8 Å². The summed E-state index contributed by atoms with van der Waals surface area (Å²) in [5.74, 6) is 3.86. The highest BCUT2D eigenvalue weighted by molar-refractivity contribution is 5.92. The molecule has 8 aromatic heterocycles. The summed E-state index contributed by atoms with van der Waals surface area (Å²) in [6.07, 6.45) is 14.8. The fourth-order valence-corrected chi connectivity index (χ4v) is 13.0. The minimum absolute atomic E-state index is 0.0447. The second-order valence-electron chi connectivity index (χ2n) is 38.2. The molecule has 3 saturated carbocycles. The van der Waals surface area contributed by atoms with Crippen LogP contribution < -0.4 is 4.90 Å². The Bertz CT molecular complexity index is 4290. The average molecular weight is 1780 g/mol. The van der Waals surface area contributed by atoms with Crippen molar-refractivity contribution >= 4 is 11.7 Å². The number of likely N-dealkylation sites (tertiary alicyclic amines) is 1. The molecule has 10 heterocycles. The highest BCUT2D eigenvalue weighted by atomic mass is 16.5. The number of aromatic nitrogens is 8. The fraction of sp³-hybridized carbons (Fsp3) is 0.617. The summed E-state index contributed by atoms with van der Waals surface area (Å²) in [4.78, 5) is 53.1. The number of methoxy groups -OCH3 is 1. The number of anilines is 1. The first-order valence-electron chi connectivity index (χ1n) is 47.8. The van der Waals surface area contributed by atoms with Gasteiger partial charge in [-0.2, -0.15) is 0 Å². The smallest absolute Gasteiger partial charge is 0.272 e. The molecule has 0 radical (unpaired) electrons. The minimum Gasteiger partial charge on any atom is -0.382 e. The standard InChI is InChI=1S/C16H24N2O2.C14H22N2O.C14H21NO.C13H21NO3.C13H19NO2.C13H21NO.C12H17NO.C12H19NO/c1-12(2)20-11-14-5-4-6-15(17-14)16(19)18-9-7-13(3)8-10-18;1-11(2)17-10-13-5-4-6-14(15-13)16-8-7-12(3)9-16;1-11(2)16-10-12-6-4-7-13(15-12)14(3)8-5-9-14;1-11(2)17-10-13-6-4-5-12(14-13)9-16-8-7-15-3;1-10(2)15-8-11-4-3-5-12(14-11)9-16-13-6-7-13;1-10(2)15-9-11-7-6-8-12(14-11)13(3,4)5;1-9(2)14-8-11-4-3-5-12(13-11)10-6-7-10;1-9(2)12-7-5-6-11(13-12)8-14-10(3)4/h4-6,12-13H,7-11H2,1-3H3;4-6,11-12H,7-10H2,1-3H3;4,6-7,11H,5,8-10H2,1-3H3;4-6,11H,7-10H2,1-3H3;3-5,10,13H,6-9H2,1-2H3;6-8,10H,9H2,1-5H3;3-5,9-10H,6-8H2,1-2H3;5-7,9-10H,8H2,1-4H3. The van der Waals surface area contributed by atoms with Crippen LogP contribution in [0.15, 0.2) is 146 Å². The van der Waals surface area contributed by atoms with Crippen LogP contribution in [0, 0.1) is 11.8 Å². The van der Waals surface area contributed by atoms with Gasteiger partial charge in [-0.1, -0.05) is 110 Å². The molecular weight excluding hydrogens is 1620 g/mol. The maximum atomic E-state index is 12.4. The molecule has 1 atom stereocenters. The Morgan fingerprint density at radius 2 is 0.783 bits per heavy atom. The van der Waals surface area contributed by atoms with E-state index in [2.05, 4.69) is 158 Å². The molecule has 3 aliphatic carbocycles. The van der Waals surface area contributed by atoms with Crippen molar-refractivity contribution < 1.29 is 56.9 Å². The zero-order chi connectivity index (χ0) is 94.3. The lowest BCUT2D eigenvalue weighted by Crippen LogP contribution is -2.38. The number of hydrogen-bond acceptors (Lipinski definition) is 21. The Morgan fingerprint density at radius 3 is 1.21 bits per heavy atom. The highest BCUT2D eigenvalue weighted by Gasteiger charge is 2.35. The molecule has 0 spiro atoms. The topological polar surface area (TPSA) is 228 Å². The summed E-state index contributed by atoms with van der Waals surface area (Å²) in [6, 6.07) is 48.4. The van der Waals surface area contributed by atoms with E-state index in [9.17, 15) is 4.79 Å². The Labute approximate surface area is 777 Å². The molecule has 2 saturated heterocycles. The van der Waals surface area contributed by atoms with Gasteiger partial charge in [-0.15, -0.1) is 0 Å². The lowest BCUT2D eigenvalue weighted by molar-refractivity contribution is 0.0571. The normalized spacial score (nSPS) is 15.3. The van der Waals surface area contributed by atoms with Crippen LogP contribution in [-0.2, 0) is 129 Å². The first-order chi connectivity index (χ1) is 61.5. The minimum atomic E-state index is 0.0447. The van der Waals surface area contributed by atoms with Gasteiger partial charge in [0.15, 0.2) is 0 Å². The number of carbonyl (C=O) groups excluding carboxylic acids is 1. The van der Waals surface area contributed by atoms with Crippen molar-refractivity contribution in [2.45, 2.75) is 374 Å². The van der Waals surface area contributed by atoms with E-state index < -0.39 is 0 Å². The van der Waals surface area contributed by atoms with E-state index in [1.54, 1.807) is 13.2 Å². The van der Waals surface area contributed by atoms with Crippen molar-refractivity contribution in [2.24, 2.45) is 11.8 Å². The fourth-order valence-electron chi connectivity index (χ4n) is 13.0. The zero-order valence-electron chi connectivity index (χ0n) is 83.6. The van der Waals surface area contributed by atoms with Gasteiger partial charge in [0.1, 0.15) is 11.5 Å². The maximum Gasteiger partial charge on any atom is 0.272 e. The van der Waals surface area contributed by atoms with Crippen LogP contribution in [0.25, 0.3) is 0 Å². The van der Waals surface area contributed by atoms with Gasteiger partial charge in [0.2, 0.25) is 0 Å². The molecule has 1 unspecified atom stereocenters. The van der Waals surface area contributed by atoms with E-state index in [0.29, 0.717) is 102 Å². The zero-order valence-corrected chi connectivity index (χ0v) is 83.6. The lowest BCUT2D eigenvalue weighted by Gasteiger charge is -2.37. The molecule has 22 nitrogen and oxygen atoms in total. The number of pyridine rings is 8. The van der Waals surface area contributed by atoms with Gasteiger partial charge >= 0.3 is 0 Å². The number of ether oxygens (including phenoxy) is 11. The first-order valence-corrected chi connectivity index (χ1v) is 47.8. The van der Waals surface area contributed by atoms with Crippen molar-refractivity contribution in [2.75, 3.05) is 51.4 Å². The SMILES string of the molecule is CC(C)OCc1cccc(C(C)(C)C)n1.CC(C)OCc1cccc(C(C)C)n1.CC(C)OCc1cccc(C2(C)CCC2)n1.CC(C)OCc1cccc(C2CC2)n1.CC(C)OCc1cccc(COC2CC2)n1.CC1CCN(C(=O)c2cccc(COC(C)C)n2)CC1.CC1CCN(c2cccc(COC(C)C)n2)C1.COCCOCc1cccc(COC(C)C)n1. The summed E-state index contributed by atoms with van der Waals surface area (Å²) >= 11 is 0. The number of hydrogen-bond donors (Lipinski definition) is 0. The van der Waals surface area contributed by atoms with Crippen LogP contribution in [0.1, 0.15) is 332 Å². The van der Waals surface area contributed by atoms with Gasteiger partial charge in [0.25, 0.3) is 5.91 Å². The summed E-state index contributed by atoms with van der Waals surface area (Å²) in [5, 5.41) is 0. The summed E-state index contributed by atoms with van der Waals surface area (Å²) in [5.41, 5.74) is 15.5. The second kappa shape index (κ2) is 59.5. The first kappa shape index (κ1) is 110. The van der Waals surface area contributed by atoms with E-state index in [0.717, 1.165) is 131 Å². The number of nitrogens with zero attached hydrogens (tertiary/aromatic N) is 10. The Hall–Kier alpha value is -7.97. The van der Waals surface area contributed by atoms with E-state index in [-0.39, 0.29) is 60.2 Å². The summed E-state index contributed by atoms with van der Waals surface area (Å²) in [6.45, 7) is 61.1. The van der Waals surface area contributed by atoms with E-state index >= 15 is 0 Å². The predicted octanol–water partition coefficient (Wildman–Crippen LogP) is 23.4. The Kier molecular flexibility index (Phi) is 50.7. The monoisotopic (exact) mass is 1780 g/mol. The molecule has 5 aliphatic rings. The van der Waals surface area contributed by atoms with E-state index in [1.165, 1.54) is 62.8 Å². The molecule has 0 bridgehead atoms. The number of piperidine rings is 1. The molecule has 1 amide bonds. The number of rotatable bonds is 37. The Balaban J connectivity index is 0.000000228. The molecule has 8 aromatic rings. The largest absolute Gasteiger partial charge is 0.382 e. The van der Waals surface area contributed by atoms with Crippen molar-refractivity contribution in [1.29, 1.82) is 0 Å². The average Bonchev–Trinajstić information content (AvgIpc) is 1.66. The third-order valence-electron chi connectivity index (χ3n) is 21.3. The molecule has 5 fully saturated rings. The van der Waals surface area contributed by atoms with Crippen LogP contribution in [0.5, 0.6) is 0 Å². The molecular formula is C107H164N10O12. The van der Waals surface area contributed by atoms with Crippen LogP contribution in [0.3, 0.4) is 0 Å². The van der Waals surface area contributed by atoms with Crippen LogP contribution in [0.4, 0.5) is 5.82 Å².